The Morgan fingerprint density at radius 1 is 1.18 bits per heavy atom. The fraction of sp³-hybridized carbons (Fsp3) is 0.214. The molecule has 1 aromatic carbocycles. The average molecular weight is 306 g/mol. The highest BCUT2D eigenvalue weighted by Crippen LogP contribution is 2.16. The number of carbonyl (C=O) groups excluding carboxylic acids is 3. The number of nitrogens with one attached hydrogen (secondary N) is 1. The molecule has 4 amide bonds. The van der Waals surface area contributed by atoms with Crippen molar-refractivity contribution >= 4 is 23.9 Å². The molecule has 116 valence electrons. The van der Waals surface area contributed by atoms with E-state index in [1.807, 2.05) is 5.32 Å². The van der Waals surface area contributed by atoms with Gasteiger partial charge in [-0.3, -0.25) is 14.9 Å². The number of nitrogens with zero attached hydrogens (tertiary/aromatic N) is 1. The first-order valence-corrected chi connectivity index (χ1v) is 6.39. The molecule has 1 aromatic rings. The van der Waals surface area contributed by atoms with Crippen molar-refractivity contribution in [3.05, 3.63) is 35.4 Å². The molecule has 0 radical (unpaired) electrons. The number of aliphatic hydroxyl groups is 1. The van der Waals surface area contributed by atoms with Gasteiger partial charge in [-0.15, -0.1) is 0 Å². The van der Waals surface area contributed by atoms with E-state index in [2.05, 4.69) is 0 Å². The van der Waals surface area contributed by atoms with Crippen LogP contribution in [0.15, 0.2) is 29.8 Å². The number of ether oxygens (including phenoxy) is 1. The smallest absolute Gasteiger partial charge is 0.333 e. The third-order valence-electron chi connectivity index (χ3n) is 2.85. The molecule has 1 heterocycles. The predicted octanol–water partition coefficient (Wildman–Crippen LogP) is -0.180. The lowest BCUT2D eigenvalue weighted by atomic mass is 10.1. The van der Waals surface area contributed by atoms with E-state index in [1.165, 1.54) is 30.3 Å². The van der Waals surface area contributed by atoms with E-state index >= 15 is 0 Å². The molecule has 8 heteroatoms. The minimum absolute atomic E-state index is 0.0397. The van der Waals surface area contributed by atoms with E-state index in [4.69, 9.17) is 9.84 Å². The van der Waals surface area contributed by atoms with Gasteiger partial charge in [-0.1, -0.05) is 12.1 Å². The van der Waals surface area contributed by atoms with E-state index in [0.717, 1.165) is 4.90 Å². The molecule has 3 N–H and O–H groups in total. The number of hydrogen-bond donors (Lipinski definition) is 3. The quantitative estimate of drug-likeness (QED) is 0.395. The van der Waals surface area contributed by atoms with Crippen LogP contribution in [0.4, 0.5) is 4.79 Å². The van der Waals surface area contributed by atoms with Crippen LogP contribution in [0, 0.1) is 0 Å². The number of aliphatic hydroxyl groups excluding tert-OH is 1. The van der Waals surface area contributed by atoms with Crippen molar-refractivity contribution in [1.29, 1.82) is 0 Å². The number of imide groups is 2. The average Bonchev–Trinajstić information content (AvgIpc) is 2.49. The molecule has 0 bridgehead atoms. The number of phenols is 1. The molecular formula is C14H14N2O6. The molecule has 0 aliphatic carbocycles. The van der Waals surface area contributed by atoms with Crippen LogP contribution in [-0.2, 0) is 14.3 Å². The number of hydrogen-bond acceptors (Lipinski definition) is 6. The molecule has 1 fully saturated rings. The molecule has 0 unspecified atom stereocenters. The van der Waals surface area contributed by atoms with Crippen molar-refractivity contribution < 1.29 is 29.3 Å². The molecule has 0 saturated carbocycles. The summed E-state index contributed by atoms with van der Waals surface area (Å²) in [6.45, 7) is -0.660. The van der Waals surface area contributed by atoms with Crippen LogP contribution in [0.3, 0.4) is 0 Å². The number of phenolic OH excluding ortho intramolecular Hbond substituents is 1. The lowest BCUT2D eigenvalue weighted by molar-refractivity contribution is -0.133. The van der Waals surface area contributed by atoms with Crippen LogP contribution < -0.4 is 5.32 Å². The Morgan fingerprint density at radius 3 is 2.50 bits per heavy atom. The summed E-state index contributed by atoms with van der Waals surface area (Å²) in [5.74, 6) is -1.54. The maximum absolute atomic E-state index is 12.2. The van der Waals surface area contributed by atoms with Crippen LogP contribution in [0.5, 0.6) is 5.75 Å². The summed E-state index contributed by atoms with van der Waals surface area (Å²) in [5, 5.41) is 19.9. The molecule has 1 aliphatic rings. The predicted molar refractivity (Wildman–Crippen MR) is 74.4 cm³/mol. The van der Waals surface area contributed by atoms with E-state index in [1.54, 1.807) is 0 Å². The van der Waals surface area contributed by atoms with Crippen LogP contribution in [0.1, 0.15) is 5.56 Å². The minimum Gasteiger partial charge on any atom is -0.508 e. The molecule has 0 aromatic heterocycles. The van der Waals surface area contributed by atoms with Gasteiger partial charge >= 0.3 is 6.03 Å². The summed E-state index contributed by atoms with van der Waals surface area (Å²) in [7, 11) is 0. The van der Waals surface area contributed by atoms with Gasteiger partial charge in [0.1, 0.15) is 18.1 Å². The molecule has 1 saturated heterocycles. The lowest BCUT2D eigenvalue weighted by Gasteiger charge is -2.25. The van der Waals surface area contributed by atoms with E-state index in [9.17, 15) is 19.5 Å². The van der Waals surface area contributed by atoms with Crippen LogP contribution >= 0.6 is 0 Å². The normalized spacial score (nSPS) is 17.0. The molecule has 0 spiro atoms. The van der Waals surface area contributed by atoms with Crippen molar-refractivity contribution in [2.24, 2.45) is 0 Å². The van der Waals surface area contributed by atoms with Crippen molar-refractivity contribution in [2.45, 2.75) is 0 Å². The Kier molecular flexibility index (Phi) is 4.87. The highest BCUT2D eigenvalue weighted by Gasteiger charge is 2.35. The molecule has 0 atom stereocenters. The fourth-order valence-electron chi connectivity index (χ4n) is 1.77. The van der Waals surface area contributed by atoms with Gasteiger partial charge in [0, 0.05) is 0 Å². The first kappa shape index (κ1) is 15.7. The second-order valence-corrected chi connectivity index (χ2v) is 4.40. The van der Waals surface area contributed by atoms with Gasteiger partial charge in [0.2, 0.25) is 0 Å². The monoisotopic (exact) mass is 306 g/mol. The maximum atomic E-state index is 12.2. The second-order valence-electron chi connectivity index (χ2n) is 4.40. The van der Waals surface area contributed by atoms with Crippen LogP contribution in [0.2, 0.25) is 0 Å². The van der Waals surface area contributed by atoms with Crippen molar-refractivity contribution in [3.63, 3.8) is 0 Å². The number of benzene rings is 1. The van der Waals surface area contributed by atoms with Crippen molar-refractivity contribution in [1.82, 2.24) is 10.2 Å². The fourth-order valence-corrected chi connectivity index (χ4v) is 1.77. The first-order valence-electron chi connectivity index (χ1n) is 6.39. The van der Waals surface area contributed by atoms with Gasteiger partial charge in [-0.2, -0.15) is 0 Å². The summed E-state index contributed by atoms with van der Waals surface area (Å²) < 4.78 is 4.94. The Hall–Kier alpha value is -2.71. The summed E-state index contributed by atoms with van der Waals surface area (Å²) in [5.41, 5.74) is 0.291. The largest absolute Gasteiger partial charge is 0.508 e. The zero-order valence-corrected chi connectivity index (χ0v) is 11.5. The third kappa shape index (κ3) is 3.48. The summed E-state index contributed by atoms with van der Waals surface area (Å²) in [4.78, 5) is 36.3. The summed E-state index contributed by atoms with van der Waals surface area (Å²) in [6.07, 6.45) is 1.31. The van der Waals surface area contributed by atoms with Crippen molar-refractivity contribution in [3.8, 4) is 5.75 Å². The Labute approximate surface area is 125 Å². The molecule has 1 aliphatic heterocycles. The van der Waals surface area contributed by atoms with Crippen LogP contribution in [0.25, 0.3) is 6.08 Å². The van der Waals surface area contributed by atoms with Gasteiger partial charge in [0.15, 0.2) is 0 Å². The lowest BCUT2D eigenvalue weighted by Crippen LogP contribution is -2.54. The Bertz CT molecular complexity index is 623. The van der Waals surface area contributed by atoms with E-state index in [0.29, 0.717) is 5.56 Å². The van der Waals surface area contributed by atoms with E-state index in [-0.39, 0.29) is 31.3 Å². The number of aromatic hydroxyl groups is 1. The van der Waals surface area contributed by atoms with E-state index < -0.39 is 17.8 Å². The summed E-state index contributed by atoms with van der Waals surface area (Å²) in [6, 6.07) is 4.98. The second kappa shape index (κ2) is 6.83. The molecule has 22 heavy (non-hydrogen) atoms. The minimum atomic E-state index is -0.879. The maximum Gasteiger partial charge on any atom is 0.333 e. The number of barbiturate groups is 1. The van der Waals surface area contributed by atoms with Gasteiger partial charge in [0.25, 0.3) is 11.8 Å². The zero-order valence-electron chi connectivity index (χ0n) is 11.5. The van der Waals surface area contributed by atoms with Gasteiger partial charge in [-0.05, 0) is 23.8 Å². The number of rotatable bonds is 5. The van der Waals surface area contributed by atoms with Gasteiger partial charge in [0.05, 0.1) is 13.2 Å². The third-order valence-corrected chi connectivity index (χ3v) is 2.85. The zero-order chi connectivity index (χ0) is 16.1. The highest BCUT2D eigenvalue weighted by atomic mass is 16.5. The number of carbonyl (C=O) groups is 3. The summed E-state index contributed by atoms with van der Waals surface area (Å²) >= 11 is 0. The first-order chi connectivity index (χ1) is 10.5. The van der Waals surface area contributed by atoms with Crippen molar-refractivity contribution in [2.75, 3.05) is 19.9 Å². The van der Waals surface area contributed by atoms with Gasteiger partial charge < -0.3 is 14.9 Å². The SMILES string of the molecule is O=C1NC(=O)N(COCCO)C(=O)/C1=C/c1ccc(O)cc1. The standard InChI is InChI=1S/C14H14N2O6/c17-5-6-22-8-16-13(20)11(12(19)15-14(16)21)7-9-1-3-10(18)4-2-9/h1-4,7,17-18H,5-6,8H2,(H,15,19,21)/b11-7+. The van der Waals surface area contributed by atoms with Crippen LogP contribution in [-0.4, -0.2) is 52.9 Å². The molecule has 2 rings (SSSR count). The molecular weight excluding hydrogens is 292 g/mol. The van der Waals surface area contributed by atoms with Gasteiger partial charge in [-0.25, -0.2) is 9.69 Å². The topological polar surface area (TPSA) is 116 Å². The number of urea groups is 1. The molecule has 8 nitrogen and oxygen atoms in total. The highest BCUT2D eigenvalue weighted by molar-refractivity contribution is 6.30. The number of amides is 4. The Balaban J connectivity index is 2.22. The Morgan fingerprint density at radius 2 is 1.86 bits per heavy atom.